The molecule has 12 heteroatoms. The van der Waals surface area contributed by atoms with Crippen molar-refractivity contribution in [1.82, 2.24) is 14.8 Å². The van der Waals surface area contributed by atoms with Crippen molar-refractivity contribution in [2.75, 3.05) is 6.54 Å². The van der Waals surface area contributed by atoms with Crippen LogP contribution in [0.1, 0.15) is 27.8 Å². The fraction of sp³-hybridized carbons (Fsp3) is 0.200. The number of aromatic nitrogens is 3. The van der Waals surface area contributed by atoms with Crippen molar-refractivity contribution in [3.05, 3.63) is 114 Å². The van der Waals surface area contributed by atoms with Gasteiger partial charge in [-0.1, -0.05) is 41.6 Å². The second-order valence-corrected chi connectivity index (χ2v) is 9.81. The summed E-state index contributed by atoms with van der Waals surface area (Å²) >= 11 is 7.71. The first kappa shape index (κ1) is 26.1. The fourth-order valence-electron chi connectivity index (χ4n) is 3.67. The highest BCUT2D eigenvalue weighted by Gasteiger charge is 2.24. The quantitative estimate of drug-likeness (QED) is 0.134. The van der Waals surface area contributed by atoms with E-state index >= 15 is 0 Å². The highest BCUT2D eigenvalue weighted by molar-refractivity contribution is 7.99. The van der Waals surface area contributed by atoms with Crippen molar-refractivity contribution in [1.29, 1.82) is 0 Å². The molecule has 0 aliphatic rings. The zero-order chi connectivity index (χ0) is 26.5. The van der Waals surface area contributed by atoms with Gasteiger partial charge in [-0.05, 0) is 66.9 Å². The first-order valence-corrected chi connectivity index (χ1v) is 12.4. The number of hydrogen-bond donors (Lipinski definition) is 0. The summed E-state index contributed by atoms with van der Waals surface area (Å²) in [5.41, 5.74) is 3.32. The van der Waals surface area contributed by atoms with Gasteiger partial charge in [0.1, 0.15) is 23.4 Å². The van der Waals surface area contributed by atoms with Gasteiger partial charge in [0, 0.05) is 22.7 Å². The number of halogens is 1. The standard InChI is InChI=1S/C25H22ClN5O5S/c1-16-4-3-5-21(12-16)30-17(2)27-28-25(30)37-24(14-29(32)33)19-8-11-23(22(26)13-19)36-15-18-6-9-20(10-7-18)31(34)35/h3-13,24H,14-15H2,1-2H3/t24-/m0/s1. The van der Waals surface area contributed by atoms with Crippen LogP contribution in [0, 0.1) is 34.1 Å². The van der Waals surface area contributed by atoms with Crippen molar-refractivity contribution < 1.29 is 14.6 Å². The smallest absolute Gasteiger partial charge is 0.269 e. The summed E-state index contributed by atoms with van der Waals surface area (Å²) in [6.45, 7) is 3.63. The van der Waals surface area contributed by atoms with E-state index in [0.717, 1.165) is 16.8 Å². The lowest BCUT2D eigenvalue weighted by atomic mass is 10.1. The number of benzene rings is 3. The second-order valence-electron chi connectivity index (χ2n) is 8.23. The van der Waals surface area contributed by atoms with Gasteiger partial charge < -0.3 is 4.74 Å². The summed E-state index contributed by atoms with van der Waals surface area (Å²) in [5, 5.41) is 31.0. The van der Waals surface area contributed by atoms with E-state index in [1.807, 2.05) is 42.7 Å². The van der Waals surface area contributed by atoms with E-state index in [1.165, 1.54) is 23.9 Å². The molecule has 0 saturated carbocycles. The minimum absolute atomic E-state index is 0.00565. The number of nitrogens with zero attached hydrogens (tertiary/aromatic N) is 5. The van der Waals surface area contributed by atoms with Crippen LogP contribution in [0.15, 0.2) is 71.9 Å². The molecule has 1 aromatic heterocycles. The molecule has 1 atom stereocenters. The van der Waals surface area contributed by atoms with Gasteiger partial charge in [-0.3, -0.25) is 24.8 Å². The zero-order valence-corrected chi connectivity index (χ0v) is 21.5. The van der Waals surface area contributed by atoms with Gasteiger partial charge in [0.15, 0.2) is 5.16 Å². The van der Waals surface area contributed by atoms with Crippen molar-refractivity contribution in [3.63, 3.8) is 0 Å². The Hall–Kier alpha value is -3.96. The van der Waals surface area contributed by atoms with Crippen molar-refractivity contribution in [2.24, 2.45) is 0 Å². The van der Waals surface area contributed by atoms with Crippen LogP contribution in [0.25, 0.3) is 5.69 Å². The van der Waals surface area contributed by atoms with E-state index in [-0.39, 0.29) is 23.8 Å². The number of non-ortho nitro benzene ring substituents is 1. The lowest BCUT2D eigenvalue weighted by Gasteiger charge is -2.16. The molecule has 4 rings (SSSR count). The average molecular weight is 540 g/mol. The molecule has 0 aliphatic carbocycles. The predicted molar refractivity (Wildman–Crippen MR) is 140 cm³/mol. The van der Waals surface area contributed by atoms with Crippen LogP contribution in [0.3, 0.4) is 0 Å². The normalized spacial score (nSPS) is 11.8. The Morgan fingerprint density at radius 1 is 1.03 bits per heavy atom. The first-order valence-electron chi connectivity index (χ1n) is 11.1. The number of aryl methyl sites for hydroxylation is 2. The highest BCUT2D eigenvalue weighted by atomic mass is 35.5. The van der Waals surface area contributed by atoms with E-state index in [4.69, 9.17) is 16.3 Å². The number of ether oxygens (including phenoxy) is 1. The summed E-state index contributed by atoms with van der Waals surface area (Å²) in [7, 11) is 0. The Morgan fingerprint density at radius 2 is 1.78 bits per heavy atom. The molecule has 37 heavy (non-hydrogen) atoms. The minimum Gasteiger partial charge on any atom is -0.487 e. The number of thioether (sulfide) groups is 1. The summed E-state index contributed by atoms with van der Waals surface area (Å²) in [6.07, 6.45) is 0. The zero-order valence-electron chi connectivity index (χ0n) is 19.9. The summed E-state index contributed by atoms with van der Waals surface area (Å²) in [5.74, 6) is 1.06. The molecule has 0 amide bonds. The van der Waals surface area contributed by atoms with Crippen molar-refractivity contribution in [2.45, 2.75) is 30.9 Å². The average Bonchev–Trinajstić information content (AvgIpc) is 3.22. The Balaban J connectivity index is 1.54. The molecule has 1 heterocycles. The highest BCUT2D eigenvalue weighted by Crippen LogP contribution is 2.38. The Labute approximate surface area is 221 Å². The third-order valence-electron chi connectivity index (χ3n) is 5.49. The van der Waals surface area contributed by atoms with Gasteiger partial charge in [-0.15, -0.1) is 10.2 Å². The molecule has 10 nitrogen and oxygen atoms in total. The maximum Gasteiger partial charge on any atom is 0.269 e. The monoisotopic (exact) mass is 539 g/mol. The molecule has 0 fully saturated rings. The van der Waals surface area contributed by atoms with Gasteiger partial charge in [0.05, 0.1) is 9.95 Å². The molecule has 0 bridgehead atoms. The largest absolute Gasteiger partial charge is 0.487 e. The molecule has 0 radical (unpaired) electrons. The number of nitro groups is 2. The van der Waals surface area contributed by atoms with Crippen LogP contribution in [-0.2, 0) is 6.61 Å². The predicted octanol–water partition coefficient (Wildman–Crippen LogP) is 6.13. The second kappa shape index (κ2) is 11.4. The van der Waals surface area contributed by atoms with Gasteiger partial charge in [-0.25, -0.2) is 0 Å². The van der Waals surface area contributed by atoms with Crippen LogP contribution in [-0.4, -0.2) is 31.2 Å². The van der Waals surface area contributed by atoms with Gasteiger partial charge in [0.2, 0.25) is 6.54 Å². The molecule has 190 valence electrons. The van der Waals surface area contributed by atoms with Gasteiger partial charge >= 0.3 is 0 Å². The van der Waals surface area contributed by atoms with E-state index in [0.29, 0.717) is 27.3 Å². The minimum atomic E-state index is -0.580. The number of rotatable bonds is 10. The maximum absolute atomic E-state index is 11.5. The third-order valence-corrected chi connectivity index (χ3v) is 6.96. The maximum atomic E-state index is 11.5. The topological polar surface area (TPSA) is 126 Å². The Morgan fingerprint density at radius 3 is 2.43 bits per heavy atom. The molecule has 4 aromatic rings. The van der Waals surface area contributed by atoms with E-state index in [9.17, 15) is 20.2 Å². The van der Waals surface area contributed by atoms with Crippen molar-refractivity contribution >= 4 is 29.1 Å². The summed E-state index contributed by atoms with van der Waals surface area (Å²) < 4.78 is 7.65. The van der Waals surface area contributed by atoms with E-state index in [1.54, 1.807) is 30.3 Å². The number of hydrogen-bond acceptors (Lipinski definition) is 8. The van der Waals surface area contributed by atoms with E-state index in [2.05, 4.69) is 10.2 Å². The summed E-state index contributed by atoms with van der Waals surface area (Å²) in [4.78, 5) is 21.5. The third kappa shape index (κ3) is 6.43. The molecule has 0 saturated heterocycles. The molecular formula is C25H22ClN5O5S. The fourth-order valence-corrected chi connectivity index (χ4v) is 5.07. The molecule has 3 aromatic carbocycles. The number of nitro benzene ring substituents is 1. The molecule has 0 unspecified atom stereocenters. The Kier molecular flexibility index (Phi) is 8.04. The molecular weight excluding hydrogens is 518 g/mol. The van der Waals surface area contributed by atoms with Crippen LogP contribution in [0.2, 0.25) is 5.02 Å². The molecule has 0 aliphatic heterocycles. The summed E-state index contributed by atoms with van der Waals surface area (Å²) in [6, 6.07) is 18.9. The van der Waals surface area contributed by atoms with Crippen LogP contribution >= 0.6 is 23.4 Å². The lowest BCUT2D eigenvalue weighted by Crippen LogP contribution is -2.11. The lowest BCUT2D eigenvalue weighted by molar-refractivity contribution is -0.479. The van der Waals surface area contributed by atoms with Crippen LogP contribution in [0.5, 0.6) is 5.75 Å². The van der Waals surface area contributed by atoms with Crippen LogP contribution < -0.4 is 4.74 Å². The van der Waals surface area contributed by atoms with Gasteiger partial charge in [-0.2, -0.15) is 0 Å². The van der Waals surface area contributed by atoms with E-state index < -0.39 is 10.2 Å². The Bertz CT molecular complexity index is 1440. The van der Waals surface area contributed by atoms with Gasteiger partial charge in [0.25, 0.3) is 5.69 Å². The first-order chi connectivity index (χ1) is 17.7. The SMILES string of the molecule is Cc1cccc(-n2c(C)nnc2S[C@@H](C[N+](=O)[O-])c2ccc(OCc3ccc([N+](=O)[O-])cc3)c(Cl)c2)c1. The van der Waals surface area contributed by atoms with Crippen LogP contribution in [0.4, 0.5) is 5.69 Å². The molecule has 0 spiro atoms. The molecule has 0 N–H and O–H groups in total. The van der Waals surface area contributed by atoms with Crippen molar-refractivity contribution in [3.8, 4) is 11.4 Å².